The number of pyridine rings is 1. The normalized spacial score (nSPS) is 15.3. The van der Waals surface area contributed by atoms with Crippen LogP contribution < -0.4 is 4.74 Å². The zero-order valence-corrected chi connectivity index (χ0v) is 13.8. The van der Waals surface area contributed by atoms with E-state index in [4.69, 9.17) is 9.84 Å². The summed E-state index contributed by atoms with van der Waals surface area (Å²) in [5, 5.41) is 8.60. The average molecular weight is 356 g/mol. The Morgan fingerprint density at radius 2 is 2.14 bits per heavy atom. The summed E-state index contributed by atoms with van der Waals surface area (Å²) in [6.07, 6.45) is 9.64. The lowest BCUT2D eigenvalue weighted by molar-refractivity contribution is -0.137. The third-order valence-electron chi connectivity index (χ3n) is 3.90. The molecular formula is C16H22BrNO3. The number of unbranched alkanes of at least 4 members (excludes halogenated alkanes) is 1. The molecule has 0 atom stereocenters. The summed E-state index contributed by atoms with van der Waals surface area (Å²) in [7, 11) is 0. The Morgan fingerprint density at radius 1 is 1.38 bits per heavy atom. The first kappa shape index (κ1) is 16.3. The number of nitrogens with zero attached hydrogens (tertiary/aromatic N) is 1. The molecule has 0 bridgehead atoms. The molecule has 5 heteroatoms. The lowest BCUT2D eigenvalue weighted by Gasteiger charge is -2.12. The van der Waals surface area contributed by atoms with E-state index in [-0.39, 0.29) is 6.42 Å². The lowest BCUT2D eigenvalue weighted by Crippen LogP contribution is -2.09. The Morgan fingerprint density at radius 3 is 2.81 bits per heavy atom. The largest absolute Gasteiger partial charge is 0.481 e. The second-order valence-electron chi connectivity index (χ2n) is 5.69. The number of hydrogen-bond acceptors (Lipinski definition) is 3. The highest BCUT2D eigenvalue weighted by Crippen LogP contribution is 2.28. The molecule has 1 aliphatic carbocycles. The van der Waals surface area contributed by atoms with Gasteiger partial charge in [-0.25, -0.2) is 4.98 Å². The van der Waals surface area contributed by atoms with E-state index in [1.54, 1.807) is 0 Å². The van der Waals surface area contributed by atoms with Crippen molar-refractivity contribution in [3.63, 3.8) is 0 Å². The maximum absolute atomic E-state index is 10.5. The van der Waals surface area contributed by atoms with E-state index in [9.17, 15) is 4.79 Å². The molecule has 4 nitrogen and oxygen atoms in total. The second-order valence-corrected chi connectivity index (χ2v) is 6.55. The SMILES string of the molecule is O=C(O)CCCCc1cnc(OCC2CCCC2)c(Br)c1. The molecule has 1 aromatic heterocycles. The van der Waals surface area contributed by atoms with Gasteiger partial charge in [-0.1, -0.05) is 12.8 Å². The van der Waals surface area contributed by atoms with Crippen molar-refractivity contribution in [2.24, 2.45) is 5.92 Å². The predicted molar refractivity (Wildman–Crippen MR) is 84.6 cm³/mol. The zero-order valence-electron chi connectivity index (χ0n) is 12.2. The molecule has 0 saturated heterocycles. The van der Waals surface area contributed by atoms with Crippen molar-refractivity contribution >= 4 is 21.9 Å². The molecule has 21 heavy (non-hydrogen) atoms. The summed E-state index contributed by atoms with van der Waals surface area (Å²) >= 11 is 3.51. The van der Waals surface area contributed by atoms with Crippen LogP contribution in [-0.2, 0) is 11.2 Å². The summed E-state index contributed by atoms with van der Waals surface area (Å²) in [5.41, 5.74) is 1.11. The van der Waals surface area contributed by atoms with Crippen LogP contribution in [0.3, 0.4) is 0 Å². The van der Waals surface area contributed by atoms with Gasteiger partial charge in [-0.2, -0.15) is 0 Å². The van der Waals surface area contributed by atoms with Crippen molar-refractivity contribution in [3.8, 4) is 5.88 Å². The number of ether oxygens (including phenoxy) is 1. The summed E-state index contributed by atoms with van der Waals surface area (Å²) in [4.78, 5) is 14.8. The van der Waals surface area contributed by atoms with Crippen LogP contribution in [0.5, 0.6) is 5.88 Å². The number of aromatic nitrogens is 1. The first-order valence-electron chi connectivity index (χ1n) is 7.64. The van der Waals surface area contributed by atoms with Gasteiger partial charge in [0.25, 0.3) is 0 Å². The fourth-order valence-corrected chi connectivity index (χ4v) is 3.20. The second kappa shape index (κ2) is 8.37. The summed E-state index contributed by atoms with van der Waals surface area (Å²) in [5.74, 6) is 0.607. The minimum absolute atomic E-state index is 0.233. The van der Waals surface area contributed by atoms with E-state index >= 15 is 0 Å². The van der Waals surface area contributed by atoms with Crippen LogP contribution in [0.25, 0.3) is 0 Å². The van der Waals surface area contributed by atoms with Crippen LogP contribution in [0.15, 0.2) is 16.7 Å². The molecule has 0 spiro atoms. The fourth-order valence-electron chi connectivity index (χ4n) is 2.69. The highest BCUT2D eigenvalue weighted by Gasteiger charge is 2.16. The van der Waals surface area contributed by atoms with E-state index in [0.717, 1.165) is 29.5 Å². The number of carboxylic acids is 1. The van der Waals surface area contributed by atoms with Gasteiger partial charge in [0.2, 0.25) is 5.88 Å². The number of carboxylic acid groups (broad SMARTS) is 1. The van der Waals surface area contributed by atoms with Crippen LogP contribution >= 0.6 is 15.9 Å². The molecule has 0 radical (unpaired) electrons. The predicted octanol–water partition coefficient (Wildman–Crippen LogP) is 4.21. The molecule has 0 amide bonds. The molecule has 1 aromatic rings. The number of hydrogen-bond donors (Lipinski definition) is 1. The Bertz CT molecular complexity index is 473. The first-order valence-corrected chi connectivity index (χ1v) is 8.43. The van der Waals surface area contributed by atoms with Crippen LogP contribution in [0.1, 0.15) is 50.5 Å². The third kappa shape index (κ3) is 5.65. The number of halogens is 1. The molecule has 0 unspecified atom stereocenters. The van der Waals surface area contributed by atoms with Crippen molar-refractivity contribution in [3.05, 3.63) is 22.3 Å². The standard InChI is InChI=1S/C16H22BrNO3/c17-14-9-13(7-3-4-8-15(19)20)10-18-16(14)21-11-12-5-1-2-6-12/h9-10,12H,1-8,11H2,(H,19,20). The Hall–Kier alpha value is -1.10. The fraction of sp³-hybridized carbons (Fsp3) is 0.625. The smallest absolute Gasteiger partial charge is 0.303 e. The quantitative estimate of drug-likeness (QED) is 0.709. The maximum Gasteiger partial charge on any atom is 0.303 e. The van der Waals surface area contributed by atoms with Crippen LogP contribution in [0.4, 0.5) is 0 Å². The van der Waals surface area contributed by atoms with Gasteiger partial charge in [-0.05, 0) is 65.6 Å². The molecule has 1 aliphatic rings. The number of rotatable bonds is 8. The monoisotopic (exact) mass is 355 g/mol. The van der Waals surface area contributed by atoms with Crippen LogP contribution in [0.2, 0.25) is 0 Å². The molecule has 2 rings (SSSR count). The van der Waals surface area contributed by atoms with Crippen LogP contribution in [0, 0.1) is 5.92 Å². The van der Waals surface area contributed by atoms with Gasteiger partial charge in [0.05, 0.1) is 11.1 Å². The van der Waals surface area contributed by atoms with Gasteiger partial charge in [-0.3, -0.25) is 4.79 Å². The topological polar surface area (TPSA) is 59.4 Å². The molecule has 1 N–H and O–H groups in total. The molecule has 1 fully saturated rings. The highest BCUT2D eigenvalue weighted by molar-refractivity contribution is 9.10. The summed E-state index contributed by atoms with van der Waals surface area (Å²) < 4.78 is 6.68. The minimum Gasteiger partial charge on any atom is -0.481 e. The van der Waals surface area contributed by atoms with Gasteiger partial charge in [0.15, 0.2) is 0 Å². The van der Waals surface area contributed by atoms with Gasteiger partial charge >= 0.3 is 5.97 Å². The summed E-state index contributed by atoms with van der Waals surface area (Å²) in [6, 6.07) is 2.03. The van der Waals surface area contributed by atoms with Gasteiger partial charge < -0.3 is 9.84 Å². The van der Waals surface area contributed by atoms with Crippen molar-refractivity contribution in [1.29, 1.82) is 0 Å². The molecular weight excluding hydrogens is 334 g/mol. The molecule has 1 heterocycles. The van der Waals surface area contributed by atoms with Gasteiger partial charge in [0, 0.05) is 12.6 Å². The molecule has 0 aliphatic heterocycles. The Labute approximate surface area is 134 Å². The van der Waals surface area contributed by atoms with Crippen molar-refractivity contribution in [2.75, 3.05) is 6.61 Å². The first-order chi connectivity index (χ1) is 10.1. The third-order valence-corrected chi connectivity index (χ3v) is 4.47. The Kier molecular flexibility index (Phi) is 6.49. The lowest BCUT2D eigenvalue weighted by atomic mass is 10.1. The highest BCUT2D eigenvalue weighted by atomic mass is 79.9. The maximum atomic E-state index is 10.5. The van der Waals surface area contributed by atoms with E-state index < -0.39 is 5.97 Å². The van der Waals surface area contributed by atoms with Crippen LogP contribution in [-0.4, -0.2) is 22.7 Å². The average Bonchev–Trinajstić information content (AvgIpc) is 2.96. The van der Waals surface area contributed by atoms with E-state index in [0.29, 0.717) is 18.2 Å². The van der Waals surface area contributed by atoms with E-state index in [2.05, 4.69) is 20.9 Å². The Balaban J connectivity index is 1.77. The minimum atomic E-state index is -0.732. The molecule has 1 saturated carbocycles. The molecule has 116 valence electrons. The van der Waals surface area contributed by atoms with E-state index in [1.807, 2.05) is 12.3 Å². The number of aliphatic carboxylic acids is 1. The number of carbonyl (C=O) groups is 1. The summed E-state index contributed by atoms with van der Waals surface area (Å²) in [6.45, 7) is 0.754. The van der Waals surface area contributed by atoms with Crippen molar-refractivity contribution in [1.82, 2.24) is 4.98 Å². The zero-order chi connectivity index (χ0) is 15.1. The molecule has 0 aromatic carbocycles. The van der Waals surface area contributed by atoms with E-state index in [1.165, 1.54) is 25.7 Å². The van der Waals surface area contributed by atoms with Crippen molar-refractivity contribution < 1.29 is 14.6 Å². The van der Waals surface area contributed by atoms with Gasteiger partial charge in [0.1, 0.15) is 0 Å². The van der Waals surface area contributed by atoms with Crippen molar-refractivity contribution in [2.45, 2.75) is 51.4 Å². The van der Waals surface area contributed by atoms with Gasteiger partial charge in [-0.15, -0.1) is 0 Å². The number of aryl methyl sites for hydroxylation is 1.